The average Bonchev–Trinajstić information content (AvgIpc) is 2.19. The lowest BCUT2D eigenvalue weighted by molar-refractivity contribution is 0.718. The number of para-hydroxylation sites is 1. The summed E-state index contributed by atoms with van der Waals surface area (Å²) in [6, 6.07) is 8.54. The van der Waals surface area contributed by atoms with Crippen molar-refractivity contribution in [1.29, 1.82) is 0 Å². The summed E-state index contributed by atoms with van der Waals surface area (Å²) in [6.45, 7) is 2.24. The number of benzene rings is 1. The van der Waals surface area contributed by atoms with Gasteiger partial charge in [-0.25, -0.2) is 0 Å². The highest BCUT2D eigenvalue weighted by Crippen LogP contribution is 2.16. The maximum absolute atomic E-state index is 3.22. The van der Waals surface area contributed by atoms with Crippen molar-refractivity contribution in [2.45, 2.75) is 32.6 Å². The molecule has 0 bridgehead atoms. The standard InChI is InChI=1S/C12H19N/c1-3-4-5-8-11-9-6-7-10-12(11)13-2/h6-7,9-10,13H,3-5,8H2,1-2H3. The first-order valence-corrected chi connectivity index (χ1v) is 5.14. The van der Waals surface area contributed by atoms with Crippen molar-refractivity contribution >= 4 is 5.69 Å². The van der Waals surface area contributed by atoms with Crippen molar-refractivity contribution in [2.75, 3.05) is 12.4 Å². The molecule has 1 heteroatoms. The van der Waals surface area contributed by atoms with Crippen LogP contribution in [0.25, 0.3) is 0 Å². The van der Waals surface area contributed by atoms with Crippen LogP contribution in [0.15, 0.2) is 24.3 Å². The van der Waals surface area contributed by atoms with E-state index in [0.717, 1.165) is 0 Å². The van der Waals surface area contributed by atoms with Gasteiger partial charge in [0.05, 0.1) is 0 Å². The smallest absolute Gasteiger partial charge is 0.0370 e. The van der Waals surface area contributed by atoms with E-state index in [0.29, 0.717) is 0 Å². The highest BCUT2D eigenvalue weighted by atomic mass is 14.8. The first-order valence-electron chi connectivity index (χ1n) is 5.14. The molecule has 72 valence electrons. The van der Waals surface area contributed by atoms with E-state index in [1.54, 1.807) is 0 Å². The second kappa shape index (κ2) is 5.63. The molecule has 13 heavy (non-hydrogen) atoms. The third kappa shape index (κ3) is 3.10. The lowest BCUT2D eigenvalue weighted by Crippen LogP contribution is -1.94. The van der Waals surface area contributed by atoms with Crippen molar-refractivity contribution in [2.24, 2.45) is 0 Å². The molecule has 0 saturated heterocycles. The Morgan fingerprint density at radius 1 is 1.15 bits per heavy atom. The minimum absolute atomic E-state index is 1.20. The van der Waals surface area contributed by atoms with Gasteiger partial charge in [0, 0.05) is 12.7 Å². The first-order chi connectivity index (χ1) is 6.38. The van der Waals surface area contributed by atoms with E-state index < -0.39 is 0 Å². The molecular weight excluding hydrogens is 158 g/mol. The Bertz CT molecular complexity index is 243. The second-order valence-electron chi connectivity index (χ2n) is 3.36. The number of unbranched alkanes of at least 4 members (excludes halogenated alkanes) is 2. The van der Waals surface area contributed by atoms with Gasteiger partial charge in [-0.05, 0) is 24.5 Å². The maximum Gasteiger partial charge on any atom is 0.0370 e. The van der Waals surface area contributed by atoms with Gasteiger partial charge in [0.25, 0.3) is 0 Å². The van der Waals surface area contributed by atoms with E-state index in [9.17, 15) is 0 Å². The van der Waals surface area contributed by atoms with Gasteiger partial charge >= 0.3 is 0 Å². The summed E-state index contributed by atoms with van der Waals surface area (Å²) in [5.41, 5.74) is 2.72. The molecular formula is C12H19N. The van der Waals surface area contributed by atoms with Gasteiger partial charge in [-0.3, -0.25) is 0 Å². The molecule has 1 rings (SSSR count). The molecule has 0 radical (unpaired) electrons. The van der Waals surface area contributed by atoms with Gasteiger partial charge in [-0.1, -0.05) is 38.0 Å². The van der Waals surface area contributed by atoms with Crippen molar-refractivity contribution < 1.29 is 0 Å². The zero-order valence-corrected chi connectivity index (χ0v) is 8.64. The second-order valence-corrected chi connectivity index (χ2v) is 3.36. The highest BCUT2D eigenvalue weighted by molar-refractivity contribution is 5.50. The predicted molar refractivity (Wildman–Crippen MR) is 59.2 cm³/mol. The third-order valence-corrected chi connectivity index (χ3v) is 2.34. The van der Waals surface area contributed by atoms with Gasteiger partial charge in [0.15, 0.2) is 0 Å². The molecule has 0 spiro atoms. The third-order valence-electron chi connectivity index (χ3n) is 2.34. The SMILES string of the molecule is CCCCCc1ccccc1NC. The Hall–Kier alpha value is -0.980. The molecule has 0 aliphatic carbocycles. The molecule has 0 amide bonds. The zero-order valence-electron chi connectivity index (χ0n) is 8.64. The summed E-state index contributed by atoms with van der Waals surface area (Å²) in [7, 11) is 1.98. The summed E-state index contributed by atoms with van der Waals surface area (Å²) in [4.78, 5) is 0. The van der Waals surface area contributed by atoms with Crippen LogP contribution in [0.1, 0.15) is 31.7 Å². The van der Waals surface area contributed by atoms with E-state index in [2.05, 4.69) is 36.5 Å². The number of hydrogen-bond acceptors (Lipinski definition) is 1. The summed E-state index contributed by atoms with van der Waals surface area (Å²) in [5.74, 6) is 0. The number of hydrogen-bond donors (Lipinski definition) is 1. The van der Waals surface area contributed by atoms with Crippen LogP contribution >= 0.6 is 0 Å². The molecule has 1 N–H and O–H groups in total. The molecule has 0 aliphatic rings. The molecule has 1 nitrogen and oxygen atoms in total. The van der Waals surface area contributed by atoms with Gasteiger partial charge in [-0.15, -0.1) is 0 Å². The molecule has 0 atom stereocenters. The Morgan fingerprint density at radius 2 is 1.92 bits per heavy atom. The van der Waals surface area contributed by atoms with Gasteiger partial charge in [0.2, 0.25) is 0 Å². The van der Waals surface area contributed by atoms with E-state index in [-0.39, 0.29) is 0 Å². The summed E-state index contributed by atoms with van der Waals surface area (Å²) < 4.78 is 0. The quantitative estimate of drug-likeness (QED) is 0.679. The normalized spacial score (nSPS) is 10.0. The average molecular weight is 177 g/mol. The number of nitrogens with one attached hydrogen (secondary N) is 1. The predicted octanol–water partition coefficient (Wildman–Crippen LogP) is 3.46. The Labute approximate surface area is 81.2 Å². The lowest BCUT2D eigenvalue weighted by atomic mass is 10.1. The van der Waals surface area contributed by atoms with Gasteiger partial charge in [0.1, 0.15) is 0 Å². The van der Waals surface area contributed by atoms with E-state index >= 15 is 0 Å². The van der Waals surface area contributed by atoms with Crippen LogP contribution in [-0.2, 0) is 6.42 Å². The van der Waals surface area contributed by atoms with Crippen LogP contribution in [0.4, 0.5) is 5.69 Å². The highest BCUT2D eigenvalue weighted by Gasteiger charge is 1.97. The number of rotatable bonds is 5. The van der Waals surface area contributed by atoms with Crippen molar-refractivity contribution in [3.63, 3.8) is 0 Å². The molecule has 0 heterocycles. The van der Waals surface area contributed by atoms with E-state index in [4.69, 9.17) is 0 Å². The lowest BCUT2D eigenvalue weighted by Gasteiger charge is -2.07. The summed E-state index contributed by atoms with van der Waals surface area (Å²) >= 11 is 0. The minimum atomic E-state index is 1.20. The summed E-state index contributed by atoms with van der Waals surface area (Å²) in [6.07, 6.45) is 5.12. The maximum atomic E-state index is 3.22. The van der Waals surface area contributed by atoms with Crippen molar-refractivity contribution in [3.05, 3.63) is 29.8 Å². The van der Waals surface area contributed by atoms with Crippen LogP contribution in [0.3, 0.4) is 0 Å². The Balaban J connectivity index is 2.54. The van der Waals surface area contributed by atoms with Gasteiger partial charge < -0.3 is 5.32 Å². The van der Waals surface area contributed by atoms with E-state index in [1.165, 1.54) is 36.9 Å². The van der Waals surface area contributed by atoms with Crippen molar-refractivity contribution in [1.82, 2.24) is 0 Å². The largest absolute Gasteiger partial charge is 0.388 e. The summed E-state index contributed by atoms with van der Waals surface area (Å²) in [5, 5.41) is 3.22. The Kier molecular flexibility index (Phi) is 4.37. The monoisotopic (exact) mass is 177 g/mol. The molecule has 0 unspecified atom stereocenters. The molecule has 0 fully saturated rings. The molecule has 0 aliphatic heterocycles. The van der Waals surface area contributed by atoms with E-state index in [1.807, 2.05) is 7.05 Å². The fourth-order valence-corrected chi connectivity index (χ4v) is 1.55. The van der Waals surface area contributed by atoms with Crippen LogP contribution in [0.5, 0.6) is 0 Å². The topological polar surface area (TPSA) is 12.0 Å². The fourth-order valence-electron chi connectivity index (χ4n) is 1.55. The van der Waals surface area contributed by atoms with Crippen LogP contribution in [0, 0.1) is 0 Å². The Morgan fingerprint density at radius 3 is 2.62 bits per heavy atom. The first kappa shape index (κ1) is 10.1. The van der Waals surface area contributed by atoms with Crippen molar-refractivity contribution in [3.8, 4) is 0 Å². The molecule has 1 aromatic carbocycles. The molecule has 1 aromatic rings. The van der Waals surface area contributed by atoms with Crippen LogP contribution in [-0.4, -0.2) is 7.05 Å². The van der Waals surface area contributed by atoms with Gasteiger partial charge in [-0.2, -0.15) is 0 Å². The molecule has 0 aromatic heterocycles. The van der Waals surface area contributed by atoms with Crippen LogP contribution < -0.4 is 5.32 Å². The number of aryl methyl sites for hydroxylation is 1. The zero-order chi connectivity index (χ0) is 9.52. The molecule has 0 saturated carbocycles. The minimum Gasteiger partial charge on any atom is -0.388 e. The van der Waals surface area contributed by atoms with Crippen LogP contribution in [0.2, 0.25) is 0 Å². The number of anilines is 1. The fraction of sp³-hybridized carbons (Fsp3) is 0.500.